The molecule has 0 spiro atoms. The average molecular weight is 467 g/mol. The van der Waals surface area contributed by atoms with Gasteiger partial charge in [-0.05, 0) is 41.5 Å². The van der Waals surface area contributed by atoms with Crippen LogP contribution < -0.4 is 0 Å². The third-order valence-electron chi connectivity index (χ3n) is 6.23. The molecule has 6 nitrogen and oxygen atoms in total. The van der Waals surface area contributed by atoms with Crippen LogP contribution in [0.4, 0.5) is 0 Å². The van der Waals surface area contributed by atoms with Crippen molar-refractivity contribution in [2.45, 2.75) is 69.5 Å². The highest BCUT2D eigenvalue weighted by Gasteiger charge is 2.60. The van der Waals surface area contributed by atoms with Gasteiger partial charge in [-0.2, -0.15) is 0 Å². The number of sulfone groups is 2. The lowest BCUT2D eigenvalue weighted by atomic mass is 9.77. The van der Waals surface area contributed by atoms with Crippen LogP contribution in [0, 0.1) is 11.8 Å². The summed E-state index contributed by atoms with van der Waals surface area (Å²) < 4.78 is 64.8. The van der Waals surface area contributed by atoms with Gasteiger partial charge in [0, 0.05) is 17.4 Å². The highest BCUT2D eigenvalue weighted by Crippen LogP contribution is 2.55. The van der Waals surface area contributed by atoms with E-state index < -0.39 is 59.5 Å². The highest BCUT2D eigenvalue weighted by atomic mass is 32.2. The van der Waals surface area contributed by atoms with Crippen LogP contribution in [0.2, 0.25) is 0 Å². The summed E-state index contributed by atoms with van der Waals surface area (Å²) >= 11 is 0. The van der Waals surface area contributed by atoms with Crippen molar-refractivity contribution in [2.75, 3.05) is 0 Å². The van der Waals surface area contributed by atoms with E-state index in [1.165, 1.54) is 0 Å². The van der Waals surface area contributed by atoms with Crippen LogP contribution in [-0.2, 0) is 29.1 Å². The number of benzene rings is 1. The molecule has 0 saturated carbocycles. The first-order chi connectivity index (χ1) is 14.2. The number of hydrogen-bond donors (Lipinski definition) is 0. The van der Waals surface area contributed by atoms with Gasteiger partial charge in [0.2, 0.25) is 0 Å². The average Bonchev–Trinajstić information content (AvgIpc) is 3.13. The smallest absolute Gasteiger partial charge is 0.184 e. The molecule has 170 valence electrons. The van der Waals surface area contributed by atoms with E-state index in [1.54, 1.807) is 53.7 Å². The molecule has 1 heterocycles. The lowest BCUT2D eigenvalue weighted by Crippen LogP contribution is -2.51. The predicted octanol–water partition coefficient (Wildman–Crippen LogP) is 3.92. The van der Waals surface area contributed by atoms with Crippen molar-refractivity contribution in [1.82, 2.24) is 0 Å². The molecular weight excluding hydrogens is 436 g/mol. The first-order valence-electron chi connectivity index (χ1n) is 10.5. The van der Waals surface area contributed by atoms with Crippen LogP contribution in [0.5, 0.6) is 0 Å². The van der Waals surface area contributed by atoms with Crippen LogP contribution in [0.1, 0.15) is 53.4 Å². The van der Waals surface area contributed by atoms with Crippen LogP contribution in [0.25, 0.3) is 0 Å². The first-order valence-corrected chi connectivity index (χ1v) is 13.4. The van der Waals surface area contributed by atoms with Gasteiger partial charge in [-0.25, -0.2) is 16.8 Å². The van der Waals surface area contributed by atoms with E-state index in [9.17, 15) is 16.8 Å². The fraction of sp³-hybridized carbons (Fsp3) is 0.565. The molecule has 0 amide bonds. The van der Waals surface area contributed by atoms with Gasteiger partial charge in [0.05, 0.1) is 31.5 Å². The van der Waals surface area contributed by atoms with Crippen molar-refractivity contribution in [3.05, 3.63) is 57.9 Å². The molecule has 1 fully saturated rings. The molecule has 3 aliphatic carbocycles. The highest BCUT2D eigenvalue weighted by molar-refractivity contribution is 8.00. The molecule has 1 saturated heterocycles. The largest absolute Gasteiger partial charge is 0.341 e. The van der Waals surface area contributed by atoms with E-state index >= 15 is 0 Å². The lowest BCUT2D eigenvalue weighted by molar-refractivity contribution is -0.0714. The summed E-state index contributed by atoms with van der Waals surface area (Å²) in [5.74, 6) is -1.42. The normalized spacial score (nSPS) is 31.2. The van der Waals surface area contributed by atoms with Gasteiger partial charge in [0.1, 0.15) is 0 Å². The molecule has 1 aromatic rings. The Morgan fingerprint density at radius 2 is 1.06 bits per heavy atom. The molecule has 8 heteroatoms. The minimum Gasteiger partial charge on any atom is -0.341 e. The van der Waals surface area contributed by atoms with E-state index in [1.807, 2.05) is 30.3 Å². The second-order valence-corrected chi connectivity index (χ2v) is 15.7. The Labute approximate surface area is 185 Å². The van der Waals surface area contributed by atoms with Crippen molar-refractivity contribution < 1.29 is 26.3 Å². The topological polar surface area (TPSA) is 86.7 Å². The molecule has 0 aromatic heterocycles. The Morgan fingerprint density at radius 1 is 0.677 bits per heavy atom. The maximum Gasteiger partial charge on any atom is 0.184 e. The fourth-order valence-electron chi connectivity index (χ4n) is 4.36. The van der Waals surface area contributed by atoms with Gasteiger partial charge >= 0.3 is 0 Å². The summed E-state index contributed by atoms with van der Waals surface area (Å²) in [7, 11) is -7.86. The Balaban J connectivity index is 1.89. The Hall–Kier alpha value is -1.48. The van der Waals surface area contributed by atoms with Crippen molar-refractivity contribution in [1.29, 1.82) is 0 Å². The third-order valence-corrected chi connectivity index (χ3v) is 11.7. The molecule has 1 aliphatic heterocycles. The Bertz CT molecular complexity index is 1080. The quantitative estimate of drug-likeness (QED) is 0.628. The van der Waals surface area contributed by atoms with Gasteiger partial charge in [0.15, 0.2) is 26.0 Å². The maximum atomic E-state index is 13.7. The summed E-state index contributed by atoms with van der Waals surface area (Å²) in [5.41, 5.74) is 0.816. The molecule has 4 aliphatic rings. The van der Waals surface area contributed by atoms with Crippen molar-refractivity contribution in [3.8, 4) is 0 Å². The zero-order chi connectivity index (χ0) is 23.0. The summed E-state index contributed by atoms with van der Waals surface area (Å²) in [6.45, 7) is 9.58. The number of hydrogen-bond acceptors (Lipinski definition) is 6. The molecule has 4 atom stereocenters. The molecule has 0 radical (unpaired) electrons. The molecule has 31 heavy (non-hydrogen) atoms. The zero-order valence-electron chi connectivity index (χ0n) is 18.7. The molecular formula is C23H30O6S2. The Kier molecular flexibility index (Phi) is 5.13. The second-order valence-electron chi connectivity index (χ2n) is 10.3. The SMILES string of the molecule is CC(C)(C)S(=O)(=O)C1=C(S(=O)(=O)C(C)(C)C)C2C=CC1C1OC(c3ccccc3)OC21. The van der Waals surface area contributed by atoms with Crippen LogP contribution in [0.3, 0.4) is 0 Å². The number of ether oxygens (including phenoxy) is 2. The van der Waals surface area contributed by atoms with Gasteiger partial charge in [-0.15, -0.1) is 0 Å². The molecule has 1 aromatic carbocycles. The Morgan fingerprint density at radius 3 is 1.42 bits per heavy atom. The van der Waals surface area contributed by atoms with Crippen LogP contribution in [0.15, 0.2) is 52.3 Å². The maximum absolute atomic E-state index is 13.7. The standard InChI is InChI=1S/C23H30O6S2/c1-22(2,3)30(24,25)19-15-12-13-16(20(19)31(26,27)23(4,5)6)18-17(15)28-21(29-18)14-10-8-7-9-11-14/h7-13,15-18,21H,1-6H3. The van der Waals surface area contributed by atoms with Gasteiger partial charge in [-0.1, -0.05) is 42.5 Å². The molecule has 5 rings (SSSR count). The van der Waals surface area contributed by atoms with Gasteiger partial charge < -0.3 is 9.47 Å². The van der Waals surface area contributed by atoms with E-state index in [4.69, 9.17) is 9.47 Å². The summed E-state index contributed by atoms with van der Waals surface area (Å²) in [4.78, 5) is -0.0537. The van der Waals surface area contributed by atoms with E-state index in [0.29, 0.717) is 0 Å². The monoisotopic (exact) mass is 466 g/mol. The van der Waals surface area contributed by atoms with Crippen molar-refractivity contribution in [2.24, 2.45) is 11.8 Å². The van der Waals surface area contributed by atoms with Crippen molar-refractivity contribution >= 4 is 19.7 Å². The lowest BCUT2D eigenvalue weighted by Gasteiger charge is -2.44. The first kappa shape index (κ1) is 22.7. The summed E-state index contributed by atoms with van der Waals surface area (Å²) in [6, 6.07) is 9.40. The zero-order valence-corrected chi connectivity index (χ0v) is 20.3. The van der Waals surface area contributed by atoms with Gasteiger partial charge in [-0.3, -0.25) is 0 Å². The summed E-state index contributed by atoms with van der Waals surface area (Å²) in [5, 5.41) is 0. The summed E-state index contributed by atoms with van der Waals surface area (Å²) in [6.07, 6.45) is 1.76. The van der Waals surface area contributed by atoms with Gasteiger partial charge in [0.25, 0.3) is 0 Å². The van der Waals surface area contributed by atoms with Crippen molar-refractivity contribution in [3.63, 3.8) is 0 Å². The molecule has 2 bridgehead atoms. The minimum atomic E-state index is -3.93. The number of rotatable bonds is 3. The fourth-order valence-corrected chi connectivity index (χ4v) is 8.28. The molecule has 4 unspecified atom stereocenters. The van der Waals surface area contributed by atoms with E-state index in [-0.39, 0.29) is 9.81 Å². The third kappa shape index (κ3) is 3.34. The van der Waals surface area contributed by atoms with Crippen LogP contribution in [-0.4, -0.2) is 38.5 Å². The second kappa shape index (κ2) is 7.01. The van der Waals surface area contributed by atoms with Crippen LogP contribution >= 0.6 is 0 Å². The van der Waals surface area contributed by atoms with E-state index in [2.05, 4.69) is 0 Å². The molecule has 0 N–H and O–H groups in total. The predicted molar refractivity (Wildman–Crippen MR) is 119 cm³/mol. The minimum absolute atomic E-state index is 0.0269. The van der Waals surface area contributed by atoms with E-state index in [0.717, 1.165) is 5.56 Å².